The van der Waals surface area contributed by atoms with Crippen LogP contribution in [0.1, 0.15) is 11.1 Å². The average molecular weight is 164 g/mol. The van der Waals surface area contributed by atoms with Gasteiger partial charge in [-0.1, -0.05) is 24.7 Å². The Bertz CT molecular complexity index is 245. The predicted octanol–water partition coefficient (Wildman–Crippen LogP) is 1.95. The van der Waals surface area contributed by atoms with E-state index in [9.17, 15) is 5.11 Å². The van der Waals surface area contributed by atoms with Crippen LogP contribution in [-0.2, 0) is 6.04 Å². The van der Waals surface area contributed by atoms with Gasteiger partial charge in [0.2, 0.25) is 0 Å². The Kier molecular flexibility index (Phi) is 2.71. The van der Waals surface area contributed by atoms with Gasteiger partial charge < -0.3 is 5.11 Å². The van der Waals surface area contributed by atoms with E-state index >= 15 is 0 Å². The number of aromatic hydroxyl groups is 1. The van der Waals surface area contributed by atoms with Crippen LogP contribution in [0.5, 0.6) is 5.75 Å². The Balaban J connectivity index is 2.96. The first-order chi connectivity index (χ1) is 5.25. The molecule has 0 unspecified atom stereocenters. The number of aryl methyl sites for hydroxylation is 1. The topological polar surface area (TPSA) is 20.2 Å². The Morgan fingerprint density at radius 2 is 2.18 bits per heavy atom. The fourth-order valence-corrected chi connectivity index (χ4v) is 1.72. The smallest absolute Gasteiger partial charge is 0.121 e. The maximum atomic E-state index is 9.53. The molecule has 1 aromatic carbocycles. The van der Waals surface area contributed by atoms with E-state index < -0.39 is 0 Å². The van der Waals surface area contributed by atoms with Crippen molar-refractivity contribution in [2.75, 3.05) is 0 Å². The molecule has 1 aromatic rings. The molecule has 0 amide bonds. The zero-order valence-corrected chi connectivity index (χ0v) is 7.89. The number of para-hydroxylation sites is 1. The third-order valence-electron chi connectivity index (χ3n) is 1.69. The van der Waals surface area contributed by atoms with E-state index in [-0.39, 0.29) is 0 Å². The lowest BCUT2D eigenvalue weighted by Crippen LogP contribution is -1.92. The van der Waals surface area contributed by atoms with E-state index in [1.807, 2.05) is 25.1 Å². The minimum atomic E-state index is 0.474. The molecule has 0 aliphatic heterocycles. The number of phenolic OH excluding ortho intramolecular Hbond substituents is 1. The van der Waals surface area contributed by atoms with Crippen molar-refractivity contribution in [2.45, 2.75) is 19.5 Å². The Labute approximate surface area is 69.9 Å². The summed E-state index contributed by atoms with van der Waals surface area (Å²) in [5, 5.41) is 9.53. The van der Waals surface area contributed by atoms with Crippen LogP contribution in [0.3, 0.4) is 0 Å². The van der Waals surface area contributed by atoms with Crippen LogP contribution in [-0.4, -0.2) is 14.6 Å². The number of hydrogen-bond donors (Lipinski definition) is 1. The molecular formula is C9H12OSi. The van der Waals surface area contributed by atoms with E-state index in [0.717, 1.165) is 26.7 Å². The summed E-state index contributed by atoms with van der Waals surface area (Å²) < 4.78 is 0. The second kappa shape index (κ2) is 3.58. The van der Waals surface area contributed by atoms with Crippen LogP contribution in [0, 0.1) is 6.92 Å². The Morgan fingerprint density at radius 3 is 2.82 bits per heavy atom. The zero-order valence-electron chi connectivity index (χ0n) is 6.89. The van der Waals surface area contributed by atoms with Crippen LogP contribution in [0.15, 0.2) is 18.2 Å². The van der Waals surface area contributed by atoms with Gasteiger partial charge in [0.05, 0.1) is 0 Å². The third-order valence-corrected chi connectivity index (χ3v) is 2.42. The first kappa shape index (κ1) is 8.33. The van der Waals surface area contributed by atoms with Gasteiger partial charge in [0.25, 0.3) is 0 Å². The van der Waals surface area contributed by atoms with Crippen molar-refractivity contribution < 1.29 is 5.11 Å². The molecule has 2 heteroatoms. The summed E-state index contributed by atoms with van der Waals surface area (Å²) in [7, 11) is 0.868. The second-order valence-electron chi connectivity index (χ2n) is 2.61. The first-order valence-corrected chi connectivity index (χ1v) is 5.38. The molecule has 0 aromatic heterocycles. The van der Waals surface area contributed by atoms with Crippen LogP contribution >= 0.6 is 0 Å². The summed E-state index contributed by atoms with van der Waals surface area (Å²) in [6, 6.07) is 6.90. The molecule has 0 fully saturated rings. The molecule has 1 rings (SSSR count). The largest absolute Gasteiger partial charge is 0.507 e. The molecule has 0 bridgehead atoms. The second-order valence-corrected chi connectivity index (χ2v) is 3.67. The minimum Gasteiger partial charge on any atom is -0.507 e. The molecule has 0 aliphatic rings. The van der Waals surface area contributed by atoms with Crippen molar-refractivity contribution in [3.8, 4) is 5.75 Å². The number of hydrogen-bond acceptors (Lipinski definition) is 1. The highest BCUT2D eigenvalue weighted by Gasteiger charge is 2.00. The SMILES string of the molecule is C[Si]Cc1cccc(C)c1O. The zero-order chi connectivity index (χ0) is 8.27. The standard InChI is InChI=1S/C9H12OSi/c1-7-4-3-5-8(6-11-2)9(7)10/h3-5,10H,6H2,1-2H3. The lowest BCUT2D eigenvalue weighted by molar-refractivity contribution is 0.466. The van der Waals surface area contributed by atoms with Crippen molar-refractivity contribution in [1.82, 2.24) is 0 Å². The summed E-state index contributed by atoms with van der Waals surface area (Å²) in [6.45, 7) is 4.07. The minimum absolute atomic E-state index is 0.474. The maximum Gasteiger partial charge on any atom is 0.121 e. The van der Waals surface area contributed by atoms with E-state index in [2.05, 4.69) is 6.55 Å². The van der Waals surface area contributed by atoms with Gasteiger partial charge in [-0.15, -0.1) is 0 Å². The highest BCUT2D eigenvalue weighted by atomic mass is 28.2. The number of benzene rings is 1. The summed E-state index contributed by atoms with van der Waals surface area (Å²) >= 11 is 0. The molecule has 1 N–H and O–H groups in total. The molecule has 0 aliphatic carbocycles. The van der Waals surface area contributed by atoms with Crippen LogP contribution < -0.4 is 0 Å². The van der Waals surface area contributed by atoms with Crippen LogP contribution in [0.4, 0.5) is 0 Å². The lowest BCUT2D eigenvalue weighted by Gasteiger charge is -2.03. The predicted molar refractivity (Wildman–Crippen MR) is 48.2 cm³/mol. The van der Waals surface area contributed by atoms with Gasteiger partial charge in [0.15, 0.2) is 0 Å². The summed E-state index contributed by atoms with van der Waals surface area (Å²) in [4.78, 5) is 0. The van der Waals surface area contributed by atoms with Crippen LogP contribution in [0.2, 0.25) is 6.55 Å². The Morgan fingerprint density at radius 1 is 1.45 bits per heavy atom. The maximum absolute atomic E-state index is 9.53. The highest BCUT2D eigenvalue weighted by molar-refractivity contribution is 6.33. The third kappa shape index (κ3) is 1.83. The normalized spacial score (nSPS) is 10.0. The molecule has 2 radical (unpaired) electrons. The first-order valence-electron chi connectivity index (χ1n) is 3.67. The molecule has 0 heterocycles. The van der Waals surface area contributed by atoms with Gasteiger partial charge in [-0.2, -0.15) is 0 Å². The summed E-state index contributed by atoms with van der Waals surface area (Å²) in [5.74, 6) is 0.474. The fraction of sp³-hybridized carbons (Fsp3) is 0.333. The molecule has 11 heavy (non-hydrogen) atoms. The quantitative estimate of drug-likeness (QED) is 0.662. The van der Waals surface area contributed by atoms with Crippen molar-refractivity contribution in [3.63, 3.8) is 0 Å². The van der Waals surface area contributed by atoms with Crippen molar-refractivity contribution in [2.24, 2.45) is 0 Å². The van der Waals surface area contributed by atoms with Gasteiger partial charge >= 0.3 is 0 Å². The van der Waals surface area contributed by atoms with Gasteiger partial charge in [0.1, 0.15) is 5.75 Å². The van der Waals surface area contributed by atoms with Gasteiger partial charge in [0, 0.05) is 9.52 Å². The van der Waals surface area contributed by atoms with Gasteiger partial charge in [-0.3, -0.25) is 0 Å². The van der Waals surface area contributed by atoms with Crippen LogP contribution in [0.25, 0.3) is 0 Å². The average Bonchev–Trinajstić information content (AvgIpc) is 1.99. The number of rotatable bonds is 2. The van der Waals surface area contributed by atoms with Gasteiger partial charge in [-0.25, -0.2) is 0 Å². The molecular weight excluding hydrogens is 152 g/mol. The molecule has 1 nitrogen and oxygen atoms in total. The van der Waals surface area contributed by atoms with Crippen molar-refractivity contribution in [1.29, 1.82) is 0 Å². The molecule has 0 atom stereocenters. The monoisotopic (exact) mass is 164 g/mol. The highest BCUT2D eigenvalue weighted by Crippen LogP contribution is 2.21. The molecule has 0 saturated carbocycles. The molecule has 58 valence electrons. The summed E-state index contributed by atoms with van der Waals surface area (Å²) in [6.07, 6.45) is 0. The fourth-order valence-electron chi connectivity index (χ4n) is 1.05. The molecule has 0 saturated heterocycles. The lowest BCUT2D eigenvalue weighted by atomic mass is 10.1. The van der Waals surface area contributed by atoms with Crippen molar-refractivity contribution in [3.05, 3.63) is 29.3 Å². The van der Waals surface area contributed by atoms with Crippen molar-refractivity contribution >= 4 is 9.52 Å². The van der Waals surface area contributed by atoms with E-state index in [0.29, 0.717) is 5.75 Å². The van der Waals surface area contributed by atoms with Gasteiger partial charge in [-0.05, 0) is 24.1 Å². The number of phenols is 1. The Hall–Kier alpha value is -0.763. The van der Waals surface area contributed by atoms with E-state index in [4.69, 9.17) is 0 Å². The molecule has 0 spiro atoms. The van der Waals surface area contributed by atoms with E-state index in [1.165, 1.54) is 0 Å². The van der Waals surface area contributed by atoms with E-state index in [1.54, 1.807) is 0 Å². The summed E-state index contributed by atoms with van der Waals surface area (Å²) in [5.41, 5.74) is 2.05.